The van der Waals surface area contributed by atoms with Crippen LogP contribution in [0, 0.1) is 5.92 Å². The zero-order valence-electron chi connectivity index (χ0n) is 13.2. The predicted molar refractivity (Wildman–Crippen MR) is 84.4 cm³/mol. The van der Waals surface area contributed by atoms with Crippen LogP contribution in [0.15, 0.2) is 30.3 Å². The Morgan fingerprint density at radius 1 is 1.36 bits per heavy atom. The fraction of sp³-hybridized carbons (Fsp3) is 0.529. The summed E-state index contributed by atoms with van der Waals surface area (Å²) in [4.78, 5) is 27.8. The minimum Gasteiger partial charge on any atom is -0.393 e. The first-order valence-corrected chi connectivity index (χ1v) is 7.75. The van der Waals surface area contributed by atoms with Crippen LogP contribution >= 0.6 is 0 Å². The molecule has 5 heteroatoms. The maximum Gasteiger partial charge on any atom is 0.254 e. The van der Waals surface area contributed by atoms with E-state index in [1.807, 2.05) is 6.07 Å². The Balaban J connectivity index is 1.92. The highest BCUT2D eigenvalue weighted by Gasteiger charge is 2.27. The Bertz CT molecular complexity index is 516. The van der Waals surface area contributed by atoms with Gasteiger partial charge in [0.25, 0.3) is 5.91 Å². The molecule has 1 N–H and O–H groups in total. The number of hydrogen-bond acceptors (Lipinski definition) is 3. The summed E-state index contributed by atoms with van der Waals surface area (Å²) in [6, 6.07) is 8.95. The molecule has 2 atom stereocenters. The van der Waals surface area contributed by atoms with Crippen molar-refractivity contribution in [1.82, 2.24) is 9.80 Å². The van der Waals surface area contributed by atoms with Gasteiger partial charge in [0.05, 0.1) is 12.6 Å². The molecule has 1 aliphatic heterocycles. The summed E-state index contributed by atoms with van der Waals surface area (Å²) in [7, 11) is 1.64. The fourth-order valence-corrected chi connectivity index (χ4v) is 2.81. The number of likely N-dealkylation sites (N-methyl/N-ethyl adjacent to an activating group) is 1. The van der Waals surface area contributed by atoms with Crippen LogP contribution in [0.25, 0.3) is 0 Å². The number of aliphatic hydroxyl groups excluding tert-OH is 1. The second kappa shape index (κ2) is 7.40. The molecule has 1 aromatic rings. The van der Waals surface area contributed by atoms with Crippen LogP contribution in [-0.4, -0.2) is 59.5 Å². The largest absolute Gasteiger partial charge is 0.393 e. The summed E-state index contributed by atoms with van der Waals surface area (Å²) in [5.74, 6) is -0.0806. The lowest BCUT2D eigenvalue weighted by Crippen LogP contribution is -2.47. The number of carbonyl (C=O) groups is 2. The lowest BCUT2D eigenvalue weighted by atomic mass is 9.93. The van der Waals surface area contributed by atoms with Crippen LogP contribution in [0.1, 0.15) is 30.1 Å². The Morgan fingerprint density at radius 3 is 2.68 bits per heavy atom. The van der Waals surface area contributed by atoms with Crippen molar-refractivity contribution in [2.75, 3.05) is 26.7 Å². The number of amides is 2. The molecule has 0 saturated carbocycles. The standard InChI is InChI=1S/C17H24N2O3/c1-13(20)15-9-6-10-19(11-15)16(21)12-18(2)17(22)14-7-4-3-5-8-14/h3-5,7-8,13,15,20H,6,9-12H2,1-2H3. The maximum atomic E-state index is 12.4. The average Bonchev–Trinajstić information content (AvgIpc) is 2.54. The molecule has 1 saturated heterocycles. The van der Waals surface area contributed by atoms with Gasteiger partial charge in [-0.15, -0.1) is 0 Å². The molecule has 2 unspecified atom stereocenters. The molecule has 0 bridgehead atoms. The minimum absolute atomic E-state index is 0.0582. The molecule has 1 aromatic carbocycles. The topological polar surface area (TPSA) is 60.9 Å². The second-order valence-electron chi connectivity index (χ2n) is 6.01. The highest BCUT2D eigenvalue weighted by Crippen LogP contribution is 2.19. The molecular weight excluding hydrogens is 280 g/mol. The van der Waals surface area contributed by atoms with E-state index in [1.54, 1.807) is 43.1 Å². The summed E-state index contributed by atoms with van der Waals surface area (Å²) in [6.45, 7) is 3.11. The Kier molecular flexibility index (Phi) is 5.55. The van der Waals surface area contributed by atoms with Crippen LogP contribution < -0.4 is 0 Å². The number of aliphatic hydroxyl groups is 1. The Morgan fingerprint density at radius 2 is 2.05 bits per heavy atom. The highest BCUT2D eigenvalue weighted by atomic mass is 16.3. The first-order chi connectivity index (χ1) is 10.5. The minimum atomic E-state index is -0.403. The van der Waals surface area contributed by atoms with Crippen LogP contribution in [-0.2, 0) is 4.79 Å². The first-order valence-electron chi connectivity index (χ1n) is 7.75. The summed E-state index contributed by atoms with van der Waals surface area (Å²) in [5.41, 5.74) is 0.582. The van der Waals surface area contributed by atoms with E-state index >= 15 is 0 Å². The molecule has 1 heterocycles. The quantitative estimate of drug-likeness (QED) is 0.914. The number of nitrogens with zero attached hydrogens (tertiary/aromatic N) is 2. The van der Waals surface area contributed by atoms with Crippen molar-refractivity contribution in [3.05, 3.63) is 35.9 Å². The van der Waals surface area contributed by atoms with Gasteiger partial charge in [-0.3, -0.25) is 9.59 Å². The molecule has 0 aromatic heterocycles. The van der Waals surface area contributed by atoms with Crippen LogP contribution in [0.4, 0.5) is 0 Å². The molecule has 1 fully saturated rings. The van der Waals surface area contributed by atoms with Crippen molar-refractivity contribution in [3.63, 3.8) is 0 Å². The van der Waals surface area contributed by atoms with Gasteiger partial charge in [-0.25, -0.2) is 0 Å². The number of piperidine rings is 1. The molecule has 1 aliphatic rings. The third-order valence-electron chi connectivity index (χ3n) is 4.23. The maximum absolute atomic E-state index is 12.4. The Hall–Kier alpha value is -1.88. The van der Waals surface area contributed by atoms with Crippen LogP contribution in [0.5, 0.6) is 0 Å². The number of hydrogen-bond donors (Lipinski definition) is 1. The Labute approximate surface area is 131 Å². The third kappa shape index (κ3) is 4.07. The van der Waals surface area contributed by atoms with Crippen molar-refractivity contribution in [1.29, 1.82) is 0 Å². The van der Waals surface area contributed by atoms with Gasteiger partial charge in [0.15, 0.2) is 0 Å². The number of benzene rings is 1. The van der Waals surface area contributed by atoms with Gasteiger partial charge < -0.3 is 14.9 Å². The van der Waals surface area contributed by atoms with E-state index < -0.39 is 6.10 Å². The van der Waals surface area contributed by atoms with Crippen molar-refractivity contribution < 1.29 is 14.7 Å². The zero-order chi connectivity index (χ0) is 16.1. The van der Waals surface area contributed by atoms with Crippen LogP contribution in [0.3, 0.4) is 0 Å². The van der Waals surface area contributed by atoms with Crippen molar-refractivity contribution in [3.8, 4) is 0 Å². The molecule has 0 spiro atoms. The highest BCUT2D eigenvalue weighted by molar-refractivity contribution is 5.96. The van der Waals surface area contributed by atoms with Gasteiger partial charge in [0.2, 0.25) is 5.91 Å². The number of rotatable bonds is 4. The lowest BCUT2D eigenvalue weighted by molar-refractivity contribution is -0.134. The third-order valence-corrected chi connectivity index (χ3v) is 4.23. The van der Waals surface area contributed by atoms with E-state index in [4.69, 9.17) is 0 Å². The molecule has 22 heavy (non-hydrogen) atoms. The lowest BCUT2D eigenvalue weighted by Gasteiger charge is -2.35. The molecule has 5 nitrogen and oxygen atoms in total. The predicted octanol–water partition coefficient (Wildman–Crippen LogP) is 1.38. The number of likely N-dealkylation sites (tertiary alicyclic amines) is 1. The molecule has 2 amide bonds. The van der Waals surface area contributed by atoms with Crippen molar-refractivity contribution in [2.24, 2.45) is 5.92 Å². The summed E-state index contributed by atoms with van der Waals surface area (Å²) in [5, 5.41) is 9.69. The van der Waals surface area contributed by atoms with E-state index in [2.05, 4.69) is 0 Å². The van der Waals surface area contributed by atoms with E-state index in [0.29, 0.717) is 18.7 Å². The monoisotopic (exact) mass is 304 g/mol. The molecule has 0 radical (unpaired) electrons. The molecule has 0 aliphatic carbocycles. The van der Waals surface area contributed by atoms with Crippen molar-refractivity contribution >= 4 is 11.8 Å². The van der Waals surface area contributed by atoms with Crippen LogP contribution in [0.2, 0.25) is 0 Å². The molecule has 120 valence electrons. The van der Waals surface area contributed by atoms with Crippen molar-refractivity contribution in [2.45, 2.75) is 25.9 Å². The summed E-state index contributed by atoms with van der Waals surface area (Å²) < 4.78 is 0. The SMILES string of the molecule is CC(O)C1CCCN(C(=O)CN(C)C(=O)c2ccccc2)C1. The van der Waals surface area contributed by atoms with Gasteiger partial charge in [0.1, 0.15) is 0 Å². The fourth-order valence-electron chi connectivity index (χ4n) is 2.81. The normalized spacial score (nSPS) is 19.6. The average molecular weight is 304 g/mol. The second-order valence-corrected chi connectivity index (χ2v) is 6.01. The number of carbonyl (C=O) groups excluding carboxylic acids is 2. The summed E-state index contributed by atoms with van der Waals surface area (Å²) >= 11 is 0. The first kappa shape index (κ1) is 16.5. The van der Waals surface area contributed by atoms with Gasteiger partial charge in [-0.2, -0.15) is 0 Å². The van der Waals surface area contributed by atoms with E-state index in [1.165, 1.54) is 4.90 Å². The van der Waals surface area contributed by atoms with E-state index in [-0.39, 0.29) is 24.3 Å². The van der Waals surface area contributed by atoms with E-state index in [9.17, 15) is 14.7 Å². The van der Waals surface area contributed by atoms with Gasteiger partial charge >= 0.3 is 0 Å². The zero-order valence-corrected chi connectivity index (χ0v) is 13.2. The van der Waals surface area contributed by atoms with E-state index in [0.717, 1.165) is 12.8 Å². The smallest absolute Gasteiger partial charge is 0.254 e. The molecular formula is C17H24N2O3. The van der Waals surface area contributed by atoms with Gasteiger partial charge in [-0.05, 0) is 31.9 Å². The van der Waals surface area contributed by atoms with Gasteiger partial charge in [0, 0.05) is 31.6 Å². The molecule has 2 rings (SSSR count). The van der Waals surface area contributed by atoms with Gasteiger partial charge in [-0.1, -0.05) is 18.2 Å². The summed E-state index contributed by atoms with van der Waals surface area (Å²) in [6.07, 6.45) is 1.44.